The first-order valence-corrected chi connectivity index (χ1v) is 11.3. The Morgan fingerprint density at radius 1 is 1.16 bits per heavy atom. The lowest BCUT2D eigenvalue weighted by molar-refractivity contribution is -0.120. The van der Waals surface area contributed by atoms with Crippen molar-refractivity contribution in [3.63, 3.8) is 0 Å². The van der Waals surface area contributed by atoms with Crippen molar-refractivity contribution in [3.05, 3.63) is 36.7 Å². The molecule has 2 aliphatic rings. The van der Waals surface area contributed by atoms with Crippen LogP contribution in [-0.4, -0.2) is 50.3 Å². The number of aromatic nitrogens is 2. The van der Waals surface area contributed by atoms with Gasteiger partial charge < -0.3 is 14.4 Å². The highest BCUT2D eigenvalue weighted by Crippen LogP contribution is 2.39. The van der Waals surface area contributed by atoms with Crippen molar-refractivity contribution in [2.45, 2.75) is 18.1 Å². The zero-order valence-corrected chi connectivity index (χ0v) is 17.8. The summed E-state index contributed by atoms with van der Waals surface area (Å²) in [4.78, 5) is 22.2. The molecule has 3 heterocycles. The molecule has 0 spiro atoms. The third-order valence-corrected chi connectivity index (χ3v) is 7.32. The average Bonchev–Trinajstić information content (AvgIpc) is 3.61. The SMILES string of the molecule is COc1ncc(-c2ccc3ncc4c(c3c2)OCC(=O)N4C)cc1NS(=O)(=O)C1CC1. The summed E-state index contributed by atoms with van der Waals surface area (Å²) in [7, 11) is -0.336. The van der Waals surface area contributed by atoms with Gasteiger partial charge in [-0.25, -0.2) is 13.4 Å². The Bertz CT molecular complexity index is 1320. The van der Waals surface area contributed by atoms with E-state index in [1.54, 1.807) is 25.5 Å². The number of nitrogens with zero attached hydrogens (tertiary/aromatic N) is 3. The highest BCUT2D eigenvalue weighted by Gasteiger charge is 2.36. The summed E-state index contributed by atoms with van der Waals surface area (Å²) in [5.41, 5.74) is 3.12. The van der Waals surface area contributed by atoms with Crippen LogP contribution in [0.1, 0.15) is 12.8 Å². The summed E-state index contributed by atoms with van der Waals surface area (Å²) in [6.45, 7) is -0.0377. The number of hydrogen-bond acceptors (Lipinski definition) is 7. The van der Waals surface area contributed by atoms with Gasteiger partial charge in [-0.3, -0.25) is 14.5 Å². The van der Waals surface area contributed by atoms with Gasteiger partial charge in [0.2, 0.25) is 15.9 Å². The van der Waals surface area contributed by atoms with Crippen molar-refractivity contribution >= 4 is 38.2 Å². The molecule has 160 valence electrons. The Morgan fingerprint density at radius 3 is 2.71 bits per heavy atom. The van der Waals surface area contributed by atoms with E-state index in [9.17, 15) is 13.2 Å². The maximum Gasteiger partial charge on any atom is 0.264 e. The molecule has 0 radical (unpaired) electrons. The smallest absolute Gasteiger partial charge is 0.264 e. The number of carbonyl (C=O) groups excluding carboxylic acids is 1. The minimum atomic E-state index is -3.47. The largest absolute Gasteiger partial charge is 0.481 e. The van der Waals surface area contributed by atoms with Gasteiger partial charge in [0, 0.05) is 24.2 Å². The van der Waals surface area contributed by atoms with Crippen LogP contribution in [0.3, 0.4) is 0 Å². The van der Waals surface area contributed by atoms with E-state index in [1.165, 1.54) is 12.0 Å². The fourth-order valence-electron chi connectivity index (χ4n) is 3.55. The molecule has 2 aromatic heterocycles. The highest BCUT2D eigenvalue weighted by atomic mass is 32.2. The fraction of sp³-hybridized carbons (Fsp3) is 0.286. The summed E-state index contributed by atoms with van der Waals surface area (Å²) in [5.74, 6) is 0.651. The number of carbonyl (C=O) groups is 1. The lowest BCUT2D eigenvalue weighted by Gasteiger charge is -2.26. The van der Waals surface area contributed by atoms with Gasteiger partial charge in [0.25, 0.3) is 5.91 Å². The van der Waals surface area contributed by atoms with E-state index in [-0.39, 0.29) is 23.6 Å². The summed E-state index contributed by atoms with van der Waals surface area (Å²) < 4.78 is 38.4. The van der Waals surface area contributed by atoms with Crippen LogP contribution < -0.4 is 19.1 Å². The molecule has 1 saturated carbocycles. The van der Waals surface area contributed by atoms with Crippen LogP contribution in [0.15, 0.2) is 36.7 Å². The Labute approximate surface area is 179 Å². The van der Waals surface area contributed by atoms with Gasteiger partial charge in [0.15, 0.2) is 12.4 Å². The second kappa shape index (κ2) is 7.09. The predicted octanol–water partition coefficient (Wildman–Crippen LogP) is 2.56. The third-order valence-electron chi connectivity index (χ3n) is 5.47. The predicted molar refractivity (Wildman–Crippen MR) is 116 cm³/mol. The molecule has 1 N–H and O–H groups in total. The summed E-state index contributed by atoms with van der Waals surface area (Å²) >= 11 is 0. The van der Waals surface area contributed by atoms with E-state index < -0.39 is 10.0 Å². The standard InChI is InChI=1S/C21H20N4O5S/c1-25-18-10-22-16-6-3-12(7-15(16)20(18)30-11-19(25)26)13-8-17(21(29-2)23-9-13)24-31(27,28)14-4-5-14/h3,6-10,14,24H,4-5,11H2,1-2H3. The number of likely N-dealkylation sites (N-methyl/N-ethyl adjacent to an activating group) is 1. The molecule has 5 rings (SSSR count). The number of fused-ring (bicyclic) bond motifs is 3. The quantitative estimate of drug-likeness (QED) is 0.649. The number of amides is 1. The topological polar surface area (TPSA) is 111 Å². The Kier molecular flexibility index (Phi) is 4.47. The molecule has 1 aromatic carbocycles. The molecule has 0 atom stereocenters. The van der Waals surface area contributed by atoms with Crippen LogP contribution in [-0.2, 0) is 14.8 Å². The lowest BCUT2D eigenvalue weighted by Crippen LogP contribution is -2.35. The number of sulfonamides is 1. The second-order valence-electron chi connectivity index (χ2n) is 7.57. The normalized spacial score (nSPS) is 16.1. The Hall–Kier alpha value is -3.40. The molecule has 1 aliphatic carbocycles. The van der Waals surface area contributed by atoms with Crippen molar-refractivity contribution in [2.24, 2.45) is 0 Å². The summed E-state index contributed by atoms with van der Waals surface area (Å²) in [6.07, 6.45) is 4.55. The first-order valence-electron chi connectivity index (χ1n) is 9.75. The minimum Gasteiger partial charge on any atom is -0.481 e. The average molecular weight is 440 g/mol. The maximum atomic E-state index is 12.4. The number of methoxy groups -OCH3 is 1. The van der Waals surface area contributed by atoms with Gasteiger partial charge >= 0.3 is 0 Å². The zero-order valence-electron chi connectivity index (χ0n) is 17.0. The van der Waals surface area contributed by atoms with E-state index in [1.807, 2.05) is 18.2 Å². The van der Waals surface area contributed by atoms with E-state index in [2.05, 4.69) is 14.7 Å². The summed E-state index contributed by atoms with van der Waals surface area (Å²) in [5, 5.41) is 0.390. The molecule has 31 heavy (non-hydrogen) atoms. The molecule has 1 fully saturated rings. The number of rotatable bonds is 5. The molecule has 0 saturated heterocycles. The molecule has 3 aromatic rings. The molecular formula is C21H20N4O5S. The van der Waals surface area contributed by atoms with Crippen LogP contribution in [0.25, 0.3) is 22.0 Å². The van der Waals surface area contributed by atoms with Crippen molar-refractivity contribution in [3.8, 4) is 22.8 Å². The fourth-order valence-corrected chi connectivity index (χ4v) is 4.93. The lowest BCUT2D eigenvalue weighted by atomic mass is 10.0. The van der Waals surface area contributed by atoms with Crippen LogP contribution in [0.2, 0.25) is 0 Å². The van der Waals surface area contributed by atoms with Crippen molar-refractivity contribution < 1.29 is 22.7 Å². The second-order valence-corrected chi connectivity index (χ2v) is 9.53. The molecule has 0 bridgehead atoms. The molecule has 1 aliphatic heterocycles. The highest BCUT2D eigenvalue weighted by molar-refractivity contribution is 7.93. The summed E-state index contributed by atoms with van der Waals surface area (Å²) in [6, 6.07) is 7.32. The number of pyridine rings is 2. The van der Waals surface area contributed by atoms with Gasteiger partial charge in [-0.2, -0.15) is 0 Å². The van der Waals surface area contributed by atoms with Crippen molar-refractivity contribution in [1.82, 2.24) is 9.97 Å². The molecule has 0 unspecified atom stereocenters. The maximum absolute atomic E-state index is 12.4. The molecule has 10 heteroatoms. The van der Waals surface area contributed by atoms with Gasteiger partial charge in [-0.15, -0.1) is 0 Å². The van der Waals surface area contributed by atoms with Crippen LogP contribution in [0.5, 0.6) is 11.6 Å². The van der Waals surface area contributed by atoms with Crippen molar-refractivity contribution in [1.29, 1.82) is 0 Å². The molecule has 1 amide bonds. The van der Waals surface area contributed by atoms with Gasteiger partial charge in [-0.05, 0) is 36.6 Å². The first-order chi connectivity index (χ1) is 14.9. The van der Waals surface area contributed by atoms with Crippen LogP contribution in [0.4, 0.5) is 11.4 Å². The number of hydrogen-bond donors (Lipinski definition) is 1. The van der Waals surface area contributed by atoms with E-state index in [0.29, 0.717) is 35.5 Å². The zero-order chi connectivity index (χ0) is 21.8. The van der Waals surface area contributed by atoms with E-state index >= 15 is 0 Å². The van der Waals surface area contributed by atoms with E-state index in [0.717, 1.165) is 16.5 Å². The molecule has 9 nitrogen and oxygen atoms in total. The number of benzene rings is 1. The third kappa shape index (κ3) is 3.42. The van der Waals surface area contributed by atoms with Crippen LogP contribution in [0, 0.1) is 0 Å². The minimum absolute atomic E-state index is 0.0377. The van der Waals surface area contributed by atoms with Crippen molar-refractivity contribution in [2.75, 3.05) is 30.4 Å². The number of anilines is 2. The van der Waals surface area contributed by atoms with Gasteiger partial charge in [-0.1, -0.05) is 6.07 Å². The first kappa shape index (κ1) is 19.6. The Balaban J connectivity index is 1.59. The van der Waals surface area contributed by atoms with Gasteiger partial charge in [0.1, 0.15) is 11.4 Å². The van der Waals surface area contributed by atoms with Gasteiger partial charge in [0.05, 0.1) is 24.1 Å². The van der Waals surface area contributed by atoms with E-state index in [4.69, 9.17) is 9.47 Å². The molecular weight excluding hydrogens is 420 g/mol. The number of ether oxygens (including phenoxy) is 2. The monoisotopic (exact) mass is 440 g/mol. The van der Waals surface area contributed by atoms with Crippen LogP contribution >= 0.6 is 0 Å². The Morgan fingerprint density at radius 2 is 1.97 bits per heavy atom. The number of nitrogens with one attached hydrogen (secondary N) is 1.